The number of benzene rings is 1. The zero-order valence-corrected chi connectivity index (χ0v) is 8.69. The molecule has 2 N–H and O–H groups in total. The van der Waals surface area contributed by atoms with Crippen LogP contribution in [0.2, 0.25) is 0 Å². The van der Waals surface area contributed by atoms with Crippen molar-refractivity contribution in [1.29, 1.82) is 0 Å². The molecule has 0 aliphatic carbocycles. The fourth-order valence-corrected chi connectivity index (χ4v) is 1.40. The SMILES string of the molecule is NC(=O)N(S)c1ccc2ccccc2n1. The maximum absolute atomic E-state index is 10.9. The molecular formula is C10H9N3OS. The molecule has 2 rings (SSSR count). The van der Waals surface area contributed by atoms with Crippen LogP contribution >= 0.6 is 12.8 Å². The van der Waals surface area contributed by atoms with E-state index in [-0.39, 0.29) is 0 Å². The number of thiol groups is 1. The highest BCUT2D eigenvalue weighted by atomic mass is 32.1. The summed E-state index contributed by atoms with van der Waals surface area (Å²) in [6, 6.07) is 10.5. The normalized spacial score (nSPS) is 10.2. The van der Waals surface area contributed by atoms with Crippen molar-refractivity contribution in [2.75, 3.05) is 4.31 Å². The van der Waals surface area contributed by atoms with Crippen molar-refractivity contribution in [1.82, 2.24) is 4.98 Å². The first-order valence-electron chi connectivity index (χ1n) is 4.33. The summed E-state index contributed by atoms with van der Waals surface area (Å²) >= 11 is 3.94. The second-order valence-electron chi connectivity index (χ2n) is 3.01. The van der Waals surface area contributed by atoms with Gasteiger partial charge in [-0.15, -0.1) is 0 Å². The average Bonchev–Trinajstić information content (AvgIpc) is 2.27. The second-order valence-corrected chi connectivity index (χ2v) is 3.41. The Morgan fingerprint density at radius 1 is 1.27 bits per heavy atom. The van der Waals surface area contributed by atoms with Gasteiger partial charge in [-0.3, -0.25) is 0 Å². The monoisotopic (exact) mass is 219 g/mol. The summed E-state index contributed by atoms with van der Waals surface area (Å²) in [6.07, 6.45) is 0. The number of nitrogens with zero attached hydrogens (tertiary/aromatic N) is 2. The van der Waals surface area contributed by atoms with Crippen LogP contribution in [0, 0.1) is 0 Å². The zero-order chi connectivity index (χ0) is 10.8. The maximum atomic E-state index is 10.9. The lowest BCUT2D eigenvalue weighted by Crippen LogP contribution is -2.27. The number of anilines is 1. The molecule has 0 aliphatic rings. The number of urea groups is 1. The molecule has 76 valence electrons. The first-order valence-corrected chi connectivity index (χ1v) is 4.73. The Bertz CT molecular complexity index is 515. The molecular weight excluding hydrogens is 210 g/mol. The number of aromatic nitrogens is 1. The lowest BCUT2D eigenvalue weighted by atomic mass is 10.2. The Morgan fingerprint density at radius 2 is 2.00 bits per heavy atom. The third kappa shape index (κ3) is 1.87. The van der Waals surface area contributed by atoms with Gasteiger partial charge in [0.1, 0.15) is 5.82 Å². The number of rotatable bonds is 1. The highest BCUT2D eigenvalue weighted by Crippen LogP contribution is 2.18. The van der Waals surface area contributed by atoms with E-state index in [9.17, 15) is 4.79 Å². The number of nitrogens with two attached hydrogens (primary N) is 1. The van der Waals surface area contributed by atoms with Gasteiger partial charge in [-0.25, -0.2) is 14.1 Å². The van der Waals surface area contributed by atoms with Crippen LogP contribution in [-0.4, -0.2) is 11.0 Å². The summed E-state index contributed by atoms with van der Waals surface area (Å²) in [5, 5.41) is 1.01. The van der Waals surface area contributed by atoms with Crippen LogP contribution < -0.4 is 10.0 Å². The quantitative estimate of drug-likeness (QED) is 0.720. The van der Waals surface area contributed by atoms with Gasteiger partial charge in [-0.1, -0.05) is 31.0 Å². The molecule has 0 saturated heterocycles. The van der Waals surface area contributed by atoms with Gasteiger partial charge >= 0.3 is 6.03 Å². The number of fused-ring (bicyclic) bond motifs is 1. The van der Waals surface area contributed by atoms with Crippen LogP contribution in [0.1, 0.15) is 0 Å². The van der Waals surface area contributed by atoms with Crippen LogP contribution in [0.25, 0.3) is 10.9 Å². The molecule has 0 fully saturated rings. The van der Waals surface area contributed by atoms with Crippen LogP contribution in [0.5, 0.6) is 0 Å². The molecule has 0 radical (unpaired) electrons. The van der Waals surface area contributed by atoms with E-state index in [0.717, 1.165) is 15.2 Å². The van der Waals surface area contributed by atoms with Gasteiger partial charge in [0.15, 0.2) is 0 Å². The molecule has 1 aromatic carbocycles. The van der Waals surface area contributed by atoms with E-state index < -0.39 is 6.03 Å². The minimum Gasteiger partial charge on any atom is -0.350 e. The predicted octanol–water partition coefficient (Wildman–Crippen LogP) is 1.96. The van der Waals surface area contributed by atoms with E-state index in [1.807, 2.05) is 30.3 Å². The van der Waals surface area contributed by atoms with E-state index in [1.54, 1.807) is 6.07 Å². The molecule has 0 atom stereocenters. The number of amides is 2. The van der Waals surface area contributed by atoms with Crippen molar-refractivity contribution >= 4 is 35.6 Å². The molecule has 1 heterocycles. The van der Waals surface area contributed by atoms with Crippen molar-refractivity contribution in [2.45, 2.75) is 0 Å². The Hall–Kier alpha value is -1.75. The number of carbonyl (C=O) groups is 1. The van der Waals surface area contributed by atoms with E-state index in [4.69, 9.17) is 5.73 Å². The lowest BCUT2D eigenvalue weighted by molar-refractivity contribution is 0.257. The van der Waals surface area contributed by atoms with Gasteiger partial charge in [0.2, 0.25) is 0 Å². The molecule has 0 saturated carbocycles. The van der Waals surface area contributed by atoms with E-state index >= 15 is 0 Å². The Kier molecular flexibility index (Phi) is 2.47. The highest BCUT2D eigenvalue weighted by Gasteiger charge is 2.08. The second kappa shape index (κ2) is 3.78. The van der Waals surface area contributed by atoms with Crippen molar-refractivity contribution < 1.29 is 4.79 Å². The summed E-state index contributed by atoms with van der Waals surface area (Å²) in [5.74, 6) is 0.421. The highest BCUT2D eigenvalue weighted by molar-refractivity contribution is 7.82. The molecule has 15 heavy (non-hydrogen) atoms. The third-order valence-corrected chi connectivity index (χ3v) is 2.41. The summed E-state index contributed by atoms with van der Waals surface area (Å²) in [6.45, 7) is 0. The number of pyridine rings is 1. The van der Waals surface area contributed by atoms with Crippen LogP contribution in [0.15, 0.2) is 36.4 Å². The average molecular weight is 219 g/mol. The summed E-state index contributed by atoms with van der Waals surface area (Å²) in [7, 11) is 0. The summed E-state index contributed by atoms with van der Waals surface area (Å²) in [4.78, 5) is 15.1. The fraction of sp³-hybridized carbons (Fsp3) is 0. The van der Waals surface area contributed by atoms with Crippen molar-refractivity contribution in [3.8, 4) is 0 Å². The Labute approximate surface area is 92.2 Å². The molecule has 0 unspecified atom stereocenters. The van der Waals surface area contributed by atoms with E-state index in [0.29, 0.717) is 5.82 Å². The van der Waals surface area contributed by atoms with Gasteiger partial charge in [0, 0.05) is 5.39 Å². The molecule has 5 heteroatoms. The number of hydrogen-bond donors (Lipinski definition) is 2. The first kappa shape index (κ1) is 9.79. The zero-order valence-electron chi connectivity index (χ0n) is 7.79. The number of para-hydroxylation sites is 1. The first-order chi connectivity index (χ1) is 7.18. The Morgan fingerprint density at radius 3 is 2.73 bits per heavy atom. The number of primary amides is 1. The van der Waals surface area contributed by atoms with Crippen molar-refractivity contribution in [3.63, 3.8) is 0 Å². The smallest absolute Gasteiger partial charge is 0.330 e. The van der Waals surface area contributed by atoms with Crippen molar-refractivity contribution in [2.24, 2.45) is 5.73 Å². The molecule has 2 amide bonds. The van der Waals surface area contributed by atoms with Crippen LogP contribution in [0.3, 0.4) is 0 Å². The molecule has 0 aliphatic heterocycles. The van der Waals surface area contributed by atoms with Crippen LogP contribution in [0.4, 0.5) is 10.6 Å². The standard InChI is InChI=1S/C10H9N3OS/c11-10(14)13(15)9-6-5-7-3-1-2-4-8(7)12-9/h1-6,15H,(H2,11,14). The molecule has 1 aromatic heterocycles. The topological polar surface area (TPSA) is 59.2 Å². The fourth-order valence-electron chi connectivity index (χ4n) is 1.29. The third-order valence-electron chi connectivity index (χ3n) is 2.01. The molecule has 0 bridgehead atoms. The van der Waals surface area contributed by atoms with Gasteiger partial charge in [0.05, 0.1) is 5.52 Å². The van der Waals surface area contributed by atoms with Gasteiger partial charge in [-0.05, 0) is 18.2 Å². The van der Waals surface area contributed by atoms with Gasteiger partial charge in [-0.2, -0.15) is 0 Å². The summed E-state index contributed by atoms with van der Waals surface area (Å²) < 4.78 is 1.01. The molecule has 4 nitrogen and oxygen atoms in total. The molecule has 2 aromatic rings. The Balaban J connectivity index is 2.51. The van der Waals surface area contributed by atoms with Gasteiger partial charge in [0.25, 0.3) is 0 Å². The van der Waals surface area contributed by atoms with Crippen molar-refractivity contribution in [3.05, 3.63) is 36.4 Å². The number of hydrogen-bond acceptors (Lipinski definition) is 3. The van der Waals surface area contributed by atoms with Crippen LogP contribution in [-0.2, 0) is 0 Å². The predicted molar refractivity (Wildman–Crippen MR) is 62.8 cm³/mol. The lowest BCUT2D eigenvalue weighted by Gasteiger charge is -2.11. The number of carbonyl (C=O) groups excluding carboxylic acids is 1. The maximum Gasteiger partial charge on any atom is 0.330 e. The summed E-state index contributed by atoms with van der Waals surface area (Å²) in [5.41, 5.74) is 5.88. The minimum atomic E-state index is -0.652. The largest absolute Gasteiger partial charge is 0.350 e. The van der Waals surface area contributed by atoms with Gasteiger partial charge < -0.3 is 5.73 Å². The molecule has 0 spiro atoms. The minimum absolute atomic E-state index is 0.421. The van der Waals surface area contributed by atoms with E-state index in [2.05, 4.69) is 17.8 Å². The van der Waals surface area contributed by atoms with E-state index in [1.165, 1.54) is 0 Å².